The van der Waals surface area contributed by atoms with E-state index in [0.29, 0.717) is 17.9 Å². The second-order valence-corrected chi connectivity index (χ2v) is 4.63. The van der Waals surface area contributed by atoms with E-state index in [9.17, 15) is 4.79 Å². The summed E-state index contributed by atoms with van der Waals surface area (Å²) in [6.45, 7) is 3.52. The fraction of sp³-hybridized carbons (Fsp3) is 0.467. The summed E-state index contributed by atoms with van der Waals surface area (Å²) in [6.07, 6.45) is 0.673. The van der Waals surface area contributed by atoms with Crippen molar-refractivity contribution in [1.29, 1.82) is 0 Å². The number of methoxy groups -OCH3 is 2. The van der Waals surface area contributed by atoms with Gasteiger partial charge in [0.15, 0.2) is 11.5 Å². The van der Waals surface area contributed by atoms with Crippen molar-refractivity contribution in [2.24, 2.45) is 5.16 Å². The summed E-state index contributed by atoms with van der Waals surface area (Å²) in [5.41, 5.74) is 1.33. The summed E-state index contributed by atoms with van der Waals surface area (Å²) < 4.78 is 10.5. The number of nitrogens with one attached hydrogen (secondary N) is 1. The van der Waals surface area contributed by atoms with Gasteiger partial charge < -0.3 is 19.6 Å². The number of hydrogen-bond acceptors (Lipinski definition) is 5. The maximum absolute atomic E-state index is 11.8. The van der Waals surface area contributed by atoms with Crippen LogP contribution in [0.4, 0.5) is 0 Å². The van der Waals surface area contributed by atoms with E-state index < -0.39 is 0 Å². The van der Waals surface area contributed by atoms with Gasteiger partial charge in [-0.3, -0.25) is 4.79 Å². The van der Waals surface area contributed by atoms with Gasteiger partial charge in [-0.05, 0) is 38.0 Å². The average Bonchev–Trinajstić information content (AvgIpc) is 2.47. The summed E-state index contributed by atoms with van der Waals surface area (Å²) in [5, 5.41) is 6.46. The Bertz CT molecular complexity index is 514. The number of ether oxygens (including phenoxy) is 2. The van der Waals surface area contributed by atoms with Gasteiger partial charge in [0, 0.05) is 6.04 Å². The number of carbonyl (C=O) groups is 1. The van der Waals surface area contributed by atoms with Gasteiger partial charge in [0.05, 0.1) is 14.2 Å². The van der Waals surface area contributed by atoms with E-state index in [1.54, 1.807) is 21.1 Å². The number of carbonyl (C=O) groups excluding carboxylic acids is 1. The van der Waals surface area contributed by atoms with Crippen LogP contribution in [-0.2, 0) is 16.1 Å². The van der Waals surface area contributed by atoms with Crippen molar-refractivity contribution in [2.75, 3.05) is 21.3 Å². The van der Waals surface area contributed by atoms with Gasteiger partial charge in [-0.25, -0.2) is 0 Å². The molecular weight excluding hydrogens is 272 g/mol. The predicted molar refractivity (Wildman–Crippen MR) is 81.0 cm³/mol. The Hall–Kier alpha value is -2.24. The topological polar surface area (TPSA) is 69.2 Å². The van der Waals surface area contributed by atoms with Crippen LogP contribution in [0.15, 0.2) is 23.4 Å². The fourth-order valence-electron chi connectivity index (χ4n) is 1.92. The van der Waals surface area contributed by atoms with Crippen LogP contribution in [0, 0.1) is 0 Å². The fourth-order valence-corrected chi connectivity index (χ4v) is 1.92. The molecule has 1 aromatic carbocycles. The summed E-state index contributed by atoms with van der Waals surface area (Å²) in [5.74, 6) is 1.11. The highest BCUT2D eigenvalue weighted by Crippen LogP contribution is 2.27. The van der Waals surface area contributed by atoms with Gasteiger partial charge in [0.1, 0.15) is 12.8 Å². The molecule has 0 radical (unpaired) electrons. The number of rotatable bonds is 7. The number of oxime groups is 1. The quantitative estimate of drug-likeness (QED) is 0.614. The molecule has 0 fully saturated rings. The molecule has 1 atom stereocenters. The van der Waals surface area contributed by atoms with E-state index in [1.807, 2.05) is 25.1 Å². The van der Waals surface area contributed by atoms with Crippen LogP contribution in [-0.4, -0.2) is 39.0 Å². The minimum atomic E-state index is -0.246. The molecule has 0 saturated carbocycles. The smallest absolute Gasteiger partial charge is 0.268 e. The molecule has 0 bridgehead atoms. The SMILES string of the molecule is CO/N=C(\C)C(=O)NC(C)Cc1ccc(OC)c(OC)c1. The lowest BCUT2D eigenvalue weighted by Gasteiger charge is -2.15. The van der Waals surface area contributed by atoms with Crippen LogP contribution in [0.3, 0.4) is 0 Å². The molecule has 6 heteroatoms. The molecule has 116 valence electrons. The molecular formula is C15H22N2O4. The molecule has 0 spiro atoms. The molecule has 1 amide bonds. The van der Waals surface area contributed by atoms with Crippen LogP contribution in [0.1, 0.15) is 19.4 Å². The van der Waals surface area contributed by atoms with Crippen LogP contribution in [0.5, 0.6) is 11.5 Å². The van der Waals surface area contributed by atoms with Crippen molar-refractivity contribution >= 4 is 11.6 Å². The number of benzene rings is 1. The standard InChI is InChI=1S/C15H22N2O4/c1-10(16-15(18)11(2)17-21-5)8-12-6-7-13(19-3)14(9-12)20-4/h6-7,9-10H,8H2,1-5H3,(H,16,18)/b17-11+. The predicted octanol–water partition coefficient (Wildman–Crippen LogP) is 1.77. The van der Waals surface area contributed by atoms with Gasteiger partial charge >= 0.3 is 0 Å². The maximum atomic E-state index is 11.8. The lowest BCUT2D eigenvalue weighted by atomic mass is 10.1. The monoisotopic (exact) mass is 294 g/mol. The molecule has 0 aliphatic heterocycles. The highest BCUT2D eigenvalue weighted by atomic mass is 16.6. The highest BCUT2D eigenvalue weighted by molar-refractivity contribution is 6.37. The molecule has 6 nitrogen and oxygen atoms in total. The normalized spacial score (nSPS) is 12.5. The van der Waals surface area contributed by atoms with Crippen molar-refractivity contribution < 1.29 is 19.1 Å². The minimum absolute atomic E-state index is 0.0439. The van der Waals surface area contributed by atoms with Crippen LogP contribution in [0.2, 0.25) is 0 Å². The van der Waals surface area contributed by atoms with E-state index in [1.165, 1.54) is 7.11 Å². The molecule has 1 N–H and O–H groups in total. The molecule has 0 aliphatic carbocycles. The molecule has 1 rings (SSSR count). The van der Waals surface area contributed by atoms with Crippen molar-refractivity contribution in [3.63, 3.8) is 0 Å². The first-order valence-electron chi connectivity index (χ1n) is 6.61. The van der Waals surface area contributed by atoms with Crippen LogP contribution < -0.4 is 14.8 Å². The van der Waals surface area contributed by atoms with E-state index in [2.05, 4.69) is 15.3 Å². The zero-order valence-corrected chi connectivity index (χ0v) is 13.1. The Balaban J connectivity index is 2.69. The molecule has 0 heterocycles. The molecule has 1 unspecified atom stereocenters. The zero-order chi connectivity index (χ0) is 15.8. The third-order valence-electron chi connectivity index (χ3n) is 2.92. The first kappa shape index (κ1) is 16.8. The van der Waals surface area contributed by atoms with Crippen molar-refractivity contribution in [3.05, 3.63) is 23.8 Å². The molecule has 21 heavy (non-hydrogen) atoms. The van der Waals surface area contributed by atoms with E-state index in [0.717, 1.165) is 5.56 Å². The summed E-state index contributed by atoms with van der Waals surface area (Å²) >= 11 is 0. The summed E-state index contributed by atoms with van der Waals surface area (Å²) in [7, 11) is 4.60. The van der Waals surface area contributed by atoms with Gasteiger partial charge in [0.25, 0.3) is 5.91 Å². The lowest BCUT2D eigenvalue weighted by Crippen LogP contribution is -2.37. The Kier molecular flexibility index (Phi) is 6.52. The maximum Gasteiger partial charge on any atom is 0.268 e. The van der Waals surface area contributed by atoms with Gasteiger partial charge in [0.2, 0.25) is 0 Å². The second kappa shape index (κ2) is 8.14. The van der Waals surface area contributed by atoms with Crippen LogP contribution in [0.25, 0.3) is 0 Å². The first-order valence-corrected chi connectivity index (χ1v) is 6.61. The molecule has 0 aliphatic rings. The molecule has 0 saturated heterocycles. The number of hydrogen-bond donors (Lipinski definition) is 1. The summed E-state index contributed by atoms with van der Waals surface area (Å²) in [6, 6.07) is 5.65. The van der Waals surface area contributed by atoms with E-state index in [4.69, 9.17) is 9.47 Å². The molecule has 0 aromatic heterocycles. The van der Waals surface area contributed by atoms with Gasteiger partial charge in [-0.15, -0.1) is 0 Å². The third-order valence-corrected chi connectivity index (χ3v) is 2.92. The van der Waals surface area contributed by atoms with Crippen LogP contribution >= 0.6 is 0 Å². The highest BCUT2D eigenvalue weighted by Gasteiger charge is 2.12. The Morgan fingerprint density at radius 2 is 1.90 bits per heavy atom. The largest absolute Gasteiger partial charge is 0.493 e. The van der Waals surface area contributed by atoms with Crippen molar-refractivity contribution in [1.82, 2.24) is 5.32 Å². The minimum Gasteiger partial charge on any atom is -0.493 e. The van der Waals surface area contributed by atoms with E-state index >= 15 is 0 Å². The van der Waals surface area contributed by atoms with Crippen molar-refractivity contribution in [3.8, 4) is 11.5 Å². The number of nitrogens with zero attached hydrogens (tertiary/aromatic N) is 1. The number of amides is 1. The van der Waals surface area contributed by atoms with E-state index in [-0.39, 0.29) is 17.7 Å². The third kappa shape index (κ3) is 4.98. The summed E-state index contributed by atoms with van der Waals surface area (Å²) in [4.78, 5) is 16.4. The second-order valence-electron chi connectivity index (χ2n) is 4.63. The Morgan fingerprint density at radius 1 is 1.24 bits per heavy atom. The Morgan fingerprint density at radius 3 is 2.48 bits per heavy atom. The lowest BCUT2D eigenvalue weighted by molar-refractivity contribution is -0.115. The molecule has 1 aromatic rings. The van der Waals surface area contributed by atoms with Crippen molar-refractivity contribution in [2.45, 2.75) is 26.3 Å². The van der Waals surface area contributed by atoms with Gasteiger partial charge in [-0.2, -0.15) is 0 Å². The Labute approximate surface area is 125 Å². The zero-order valence-electron chi connectivity index (χ0n) is 13.1. The first-order chi connectivity index (χ1) is 10.0. The average molecular weight is 294 g/mol. The van der Waals surface area contributed by atoms with Gasteiger partial charge in [-0.1, -0.05) is 11.2 Å².